The van der Waals surface area contributed by atoms with Crippen LogP contribution in [0.4, 0.5) is 13.2 Å². The third-order valence-corrected chi connectivity index (χ3v) is 10.2. The Balaban J connectivity index is 1.32. The first-order valence-corrected chi connectivity index (χ1v) is 15.4. The predicted octanol–water partition coefficient (Wildman–Crippen LogP) is 4.11. The van der Waals surface area contributed by atoms with Crippen molar-refractivity contribution in [2.45, 2.75) is 49.1 Å². The van der Waals surface area contributed by atoms with Gasteiger partial charge >= 0.3 is 0 Å². The number of hydrogen-bond acceptors (Lipinski definition) is 7. The molecule has 3 aromatic heterocycles. The number of pyridine rings is 1. The summed E-state index contributed by atoms with van der Waals surface area (Å²) in [5.74, 6) is -1.38. The van der Waals surface area contributed by atoms with Gasteiger partial charge in [0.15, 0.2) is 15.5 Å². The minimum Gasteiger partial charge on any atom is -0.374 e. The summed E-state index contributed by atoms with van der Waals surface area (Å²) in [6.07, 6.45) is 7.81. The highest BCUT2D eigenvalue weighted by Crippen LogP contribution is 2.40. The first-order valence-electron chi connectivity index (χ1n) is 13.4. The zero-order valence-electron chi connectivity index (χ0n) is 22.6. The fourth-order valence-electron chi connectivity index (χ4n) is 6.42. The maximum absolute atomic E-state index is 15.1. The van der Waals surface area contributed by atoms with Gasteiger partial charge in [-0.3, -0.25) is 4.98 Å². The zero-order valence-corrected chi connectivity index (χ0v) is 23.4. The quantitative estimate of drug-likeness (QED) is 0.363. The normalized spacial score (nSPS) is 24.3. The molecular formula is C29H30F3N5O3S. The summed E-state index contributed by atoms with van der Waals surface area (Å²) in [6.45, 7) is 1.44. The Kier molecular flexibility index (Phi) is 6.90. The first-order chi connectivity index (χ1) is 19.4. The summed E-state index contributed by atoms with van der Waals surface area (Å²) >= 11 is 0. The van der Waals surface area contributed by atoms with Gasteiger partial charge in [-0.1, -0.05) is 6.92 Å². The monoisotopic (exact) mass is 585 g/mol. The van der Waals surface area contributed by atoms with Crippen LogP contribution < -0.4 is 5.73 Å². The van der Waals surface area contributed by atoms with Crippen molar-refractivity contribution in [3.8, 4) is 11.3 Å². The number of halogens is 3. The molecule has 1 aliphatic heterocycles. The van der Waals surface area contributed by atoms with E-state index in [0.717, 1.165) is 23.3 Å². The van der Waals surface area contributed by atoms with E-state index >= 15 is 8.78 Å². The number of rotatable bonds is 6. The highest BCUT2D eigenvalue weighted by molar-refractivity contribution is 7.91. The fourth-order valence-corrected chi connectivity index (χ4v) is 8.12. The van der Waals surface area contributed by atoms with Crippen LogP contribution in [-0.4, -0.2) is 58.8 Å². The number of imidazole rings is 1. The summed E-state index contributed by atoms with van der Waals surface area (Å²) in [5, 5.41) is 3.91. The van der Waals surface area contributed by atoms with Gasteiger partial charge in [-0.05, 0) is 71.7 Å². The molecule has 0 spiro atoms. The third-order valence-electron chi connectivity index (χ3n) is 8.35. The maximum Gasteiger partial charge on any atom is 0.182 e. The third kappa shape index (κ3) is 5.02. The smallest absolute Gasteiger partial charge is 0.182 e. The molecule has 4 heterocycles. The molecule has 0 bridgehead atoms. The van der Waals surface area contributed by atoms with Crippen LogP contribution in [0.1, 0.15) is 48.2 Å². The number of sulfone groups is 1. The summed E-state index contributed by atoms with van der Waals surface area (Å²) < 4.78 is 76.0. The number of hydrogen-bond donors (Lipinski definition) is 1. The SMILES string of the molecule is C[C@H]1C[C@@H](c2ccncc2Cc2ncc3ccc(-c4c(F)cc(C5(F)COC5)cc4F)nn23)C[C@@H](N)[C@@H]1S(C)(=O)=O. The van der Waals surface area contributed by atoms with Crippen LogP contribution in [0.25, 0.3) is 16.8 Å². The average molecular weight is 586 g/mol. The molecule has 0 amide bonds. The Hall–Kier alpha value is -3.35. The van der Waals surface area contributed by atoms with E-state index in [-0.39, 0.29) is 41.9 Å². The Bertz CT molecular complexity index is 1710. The molecule has 216 valence electrons. The molecule has 4 aromatic rings. The van der Waals surface area contributed by atoms with Crippen molar-refractivity contribution in [2.75, 3.05) is 19.5 Å². The molecule has 0 unspecified atom stereocenters. The molecule has 0 radical (unpaired) electrons. The van der Waals surface area contributed by atoms with Crippen molar-refractivity contribution >= 4 is 15.4 Å². The number of nitrogens with two attached hydrogens (primary N) is 1. The van der Waals surface area contributed by atoms with E-state index in [1.54, 1.807) is 24.7 Å². The predicted molar refractivity (Wildman–Crippen MR) is 147 cm³/mol. The number of alkyl halides is 1. The summed E-state index contributed by atoms with van der Waals surface area (Å²) in [4.78, 5) is 8.81. The van der Waals surface area contributed by atoms with Crippen molar-refractivity contribution in [1.82, 2.24) is 19.6 Å². The van der Waals surface area contributed by atoms with Gasteiger partial charge in [0.1, 0.15) is 17.5 Å². The Morgan fingerprint density at radius 1 is 1.12 bits per heavy atom. The molecular weight excluding hydrogens is 555 g/mol. The van der Waals surface area contributed by atoms with Crippen molar-refractivity contribution in [1.29, 1.82) is 0 Å². The van der Waals surface area contributed by atoms with Gasteiger partial charge in [-0.25, -0.2) is 31.1 Å². The maximum atomic E-state index is 15.1. The molecule has 1 aliphatic carbocycles. The second-order valence-corrected chi connectivity index (χ2v) is 13.6. The number of ether oxygens (including phenoxy) is 1. The van der Waals surface area contributed by atoms with Crippen LogP contribution in [0.5, 0.6) is 0 Å². The van der Waals surface area contributed by atoms with E-state index in [9.17, 15) is 12.8 Å². The van der Waals surface area contributed by atoms with Gasteiger partial charge in [-0.15, -0.1) is 0 Å². The second-order valence-electron chi connectivity index (χ2n) is 11.4. The molecule has 8 nitrogen and oxygen atoms in total. The molecule has 6 rings (SSSR count). The summed E-state index contributed by atoms with van der Waals surface area (Å²) in [7, 11) is -3.28. The molecule has 41 heavy (non-hydrogen) atoms. The fraction of sp³-hybridized carbons (Fsp3) is 0.414. The van der Waals surface area contributed by atoms with E-state index < -0.39 is 38.4 Å². The van der Waals surface area contributed by atoms with Crippen molar-refractivity contribution < 1.29 is 26.3 Å². The highest BCUT2D eigenvalue weighted by Gasteiger charge is 2.42. The van der Waals surface area contributed by atoms with E-state index in [2.05, 4.69) is 15.1 Å². The summed E-state index contributed by atoms with van der Waals surface area (Å²) in [6, 6.07) is 6.59. The van der Waals surface area contributed by atoms with Crippen LogP contribution in [0, 0.1) is 17.6 Å². The molecule has 4 atom stereocenters. The number of aromatic nitrogens is 4. The van der Waals surface area contributed by atoms with Crippen molar-refractivity contribution in [2.24, 2.45) is 11.7 Å². The molecule has 1 aromatic carbocycles. The molecule has 1 saturated heterocycles. The van der Waals surface area contributed by atoms with Crippen molar-refractivity contribution in [3.63, 3.8) is 0 Å². The first kappa shape index (κ1) is 27.8. The van der Waals surface area contributed by atoms with Gasteiger partial charge in [0.05, 0.1) is 41.4 Å². The standard InChI is InChI=1S/C29H30F3N5O3S/c1-16-7-17(8-24(33)28(16)41(2,38)39)21-5-6-34-12-18(21)9-26-35-13-20-3-4-25(36-37(20)26)27-22(30)10-19(11-23(27)31)29(32)14-40-15-29/h3-6,10-13,16-17,24,28H,7-9,14-15,33H2,1-2H3/t16-,17+,24+,28+/m0/s1. The van der Waals surface area contributed by atoms with Crippen LogP contribution in [0.2, 0.25) is 0 Å². The topological polar surface area (TPSA) is 112 Å². The van der Waals surface area contributed by atoms with Crippen molar-refractivity contribution in [3.05, 3.63) is 83.1 Å². The lowest BCUT2D eigenvalue weighted by Gasteiger charge is -2.38. The molecule has 2 fully saturated rings. The number of fused-ring (bicyclic) bond motifs is 1. The molecule has 2 aliphatic rings. The summed E-state index contributed by atoms with van der Waals surface area (Å²) in [5.41, 5.74) is 6.58. The van der Waals surface area contributed by atoms with Gasteiger partial charge in [0.25, 0.3) is 0 Å². The van der Waals surface area contributed by atoms with Gasteiger partial charge < -0.3 is 10.5 Å². The van der Waals surface area contributed by atoms with Crippen LogP contribution in [-0.2, 0) is 26.7 Å². The van der Waals surface area contributed by atoms with Crippen LogP contribution >= 0.6 is 0 Å². The van der Waals surface area contributed by atoms with Crippen LogP contribution in [0.15, 0.2) is 48.9 Å². The van der Waals surface area contributed by atoms with E-state index in [4.69, 9.17) is 10.5 Å². The minimum absolute atomic E-state index is 0.0346. The van der Waals surface area contributed by atoms with Gasteiger partial charge in [0.2, 0.25) is 0 Å². The Morgan fingerprint density at radius 2 is 1.85 bits per heavy atom. The largest absolute Gasteiger partial charge is 0.374 e. The van der Waals surface area contributed by atoms with Gasteiger partial charge in [0, 0.05) is 31.1 Å². The highest BCUT2D eigenvalue weighted by atomic mass is 32.2. The molecule has 2 N–H and O–H groups in total. The Labute approximate surface area is 235 Å². The van der Waals surface area contributed by atoms with Gasteiger partial charge in [-0.2, -0.15) is 5.10 Å². The number of nitrogens with zero attached hydrogens (tertiary/aromatic N) is 4. The average Bonchev–Trinajstić information content (AvgIpc) is 3.28. The van der Waals surface area contributed by atoms with E-state index in [1.165, 1.54) is 16.8 Å². The lowest BCUT2D eigenvalue weighted by Crippen LogP contribution is -2.48. The van der Waals surface area contributed by atoms with Crippen LogP contribution in [0.3, 0.4) is 0 Å². The van der Waals surface area contributed by atoms with E-state index in [0.29, 0.717) is 30.6 Å². The molecule has 12 heteroatoms. The second kappa shape index (κ2) is 10.2. The minimum atomic E-state index is -3.28. The molecule has 1 saturated carbocycles. The lowest BCUT2D eigenvalue weighted by atomic mass is 9.75. The zero-order chi connectivity index (χ0) is 29.1. The van der Waals surface area contributed by atoms with E-state index in [1.807, 2.05) is 13.0 Å². The number of benzene rings is 1. The lowest BCUT2D eigenvalue weighted by molar-refractivity contribution is -0.135. The Morgan fingerprint density at radius 3 is 2.49 bits per heavy atom.